The number of benzene rings is 1. The Balaban J connectivity index is 0.00000162. The van der Waals surface area contributed by atoms with Crippen molar-refractivity contribution in [2.75, 3.05) is 19.6 Å². The fourth-order valence-corrected chi connectivity index (χ4v) is 3.17. The van der Waals surface area contributed by atoms with Gasteiger partial charge in [0.1, 0.15) is 0 Å². The Morgan fingerprint density at radius 3 is 2.78 bits per heavy atom. The third-order valence-electron chi connectivity index (χ3n) is 2.82. The summed E-state index contributed by atoms with van der Waals surface area (Å²) in [6.07, 6.45) is 0. The summed E-state index contributed by atoms with van der Waals surface area (Å²) in [4.78, 5) is 14.2. The van der Waals surface area contributed by atoms with Crippen molar-refractivity contribution in [1.29, 1.82) is 0 Å². The molecule has 18 heavy (non-hydrogen) atoms. The molecule has 1 N–H and O–H groups in total. The van der Waals surface area contributed by atoms with Crippen LogP contribution in [0.5, 0.6) is 0 Å². The van der Waals surface area contributed by atoms with Crippen LogP contribution in [0.3, 0.4) is 0 Å². The Hall–Kier alpha value is -0.100. The molecular formula is C12H15Br2ClN2O. The minimum atomic E-state index is 0. The number of carbonyl (C=O) groups is 1. The maximum atomic E-state index is 12.3. The van der Waals surface area contributed by atoms with Gasteiger partial charge in [0.05, 0.1) is 5.56 Å². The molecule has 0 saturated carbocycles. The Morgan fingerprint density at radius 2 is 2.17 bits per heavy atom. The Kier molecular flexibility index (Phi) is 6.11. The summed E-state index contributed by atoms with van der Waals surface area (Å²) in [5, 5.41) is 3.33. The molecule has 1 amide bonds. The molecule has 6 heteroatoms. The minimum Gasteiger partial charge on any atom is -0.336 e. The second-order valence-corrected chi connectivity index (χ2v) is 6.00. The highest BCUT2D eigenvalue weighted by molar-refractivity contribution is 9.11. The summed E-state index contributed by atoms with van der Waals surface area (Å²) in [5.41, 5.74) is 0.724. The van der Waals surface area contributed by atoms with Gasteiger partial charge in [-0.2, -0.15) is 0 Å². The van der Waals surface area contributed by atoms with Crippen molar-refractivity contribution in [1.82, 2.24) is 10.2 Å². The first-order chi connectivity index (χ1) is 8.08. The molecule has 1 saturated heterocycles. The number of piperazine rings is 1. The van der Waals surface area contributed by atoms with Gasteiger partial charge in [-0.05, 0) is 41.1 Å². The third kappa shape index (κ3) is 3.70. The summed E-state index contributed by atoms with van der Waals surface area (Å²) in [5.74, 6) is 0.0951. The van der Waals surface area contributed by atoms with Crippen molar-refractivity contribution in [2.45, 2.75) is 13.0 Å². The topological polar surface area (TPSA) is 32.3 Å². The molecule has 1 aliphatic rings. The Morgan fingerprint density at radius 1 is 1.44 bits per heavy atom. The van der Waals surface area contributed by atoms with Crippen molar-refractivity contribution in [3.8, 4) is 0 Å². The molecule has 2 rings (SSSR count). The second kappa shape index (κ2) is 6.89. The standard InChI is InChI=1S/C12H14Br2N2O.ClH/c1-8-7-16(5-4-15-8)12(17)10-3-2-9(13)6-11(10)14;/h2-3,6,8,15H,4-5,7H2,1H3;1H/t8-;/m0./s1. The lowest BCUT2D eigenvalue weighted by atomic mass is 10.1. The van der Waals surface area contributed by atoms with Gasteiger partial charge in [-0.1, -0.05) is 15.9 Å². The molecule has 100 valence electrons. The van der Waals surface area contributed by atoms with E-state index < -0.39 is 0 Å². The van der Waals surface area contributed by atoms with Crippen molar-refractivity contribution >= 4 is 50.2 Å². The van der Waals surface area contributed by atoms with Gasteiger partial charge in [0.2, 0.25) is 0 Å². The summed E-state index contributed by atoms with van der Waals surface area (Å²) < 4.78 is 1.80. The van der Waals surface area contributed by atoms with Gasteiger partial charge >= 0.3 is 0 Å². The number of hydrogen-bond acceptors (Lipinski definition) is 2. The predicted octanol–water partition coefficient (Wildman–Crippen LogP) is 3.07. The number of nitrogens with one attached hydrogen (secondary N) is 1. The smallest absolute Gasteiger partial charge is 0.255 e. The molecule has 0 radical (unpaired) electrons. The van der Waals surface area contributed by atoms with E-state index in [1.165, 1.54) is 0 Å². The van der Waals surface area contributed by atoms with Gasteiger partial charge in [0.25, 0.3) is 5.91 Å². The Labute approximate surface area is 130 Å². The Bertz CT molecular complexity index is 442. The number of rotatable bonds is 1. The molecule has 1 heterocycles. The molecule has 3 nitrogen and oxygen atoms in total. The summed E-state index contributed by atoms with van der Waals surface area (Å²) in [7, 11) is 0. The predicted molar refractivity (Wildman–Crippen MR) is 82.5 cm³/mol. The van der Waals surface area contributed by atoms with E-state index in [4.69, 9.17) is 0 Å². The van der Waals surface area contributed by atoms with Gasteiger partial charge in [-0.25, -0.2) is 0 Å². The minimum absolute atomic E-state index is 0. The first-order valence-corrected chi connectivity index (χ1v) is 7.14. The van der Waals surface area contributed by atoms with Crippen LogP contribution in [-0.4, -0.2) is 36.5 Å². The zero-order chi connectivity index (χ0) is 12.4. The molecule has 1 aromatic rings. The summed E-state index contributed by atoms with van der Waals surface area (Å²) >= 11 is 6.82. The van der Waals surface area contributed by atoms with Crippen LogP contribution in [0.4, 0.5) is 0 Å². The normalized spacial score (nSPS) is 19.3. The van der Waals surface area contributed by atoms with E-state index in [9.17, 15) is 4.79 Å². The number of hydrogen-bond donors (Lipinski definition) is 1. The lowest BCUT2D eigenvalue weighted by Gasteiger charge is -2.32. The lowest BCUT2D eigenvalue weighted by molar-refractivity contribution is 0.0708. The number of nitrogens with zero attached hydrogens (tertiary/aromatic N) is 1. The number of carbonyl (C=O) groups excluding carboxylic acids is 1. The molecule has 0 bridgehead atoms. The highest BCUT2D eigenvalue weighted by atomic mass is 79.9. The highest BCUT2D eigenvalue weighted by Gasteiger charge is 2.22. The van der Waals surface area contributed by atoms with E-state index in [0.29, 0.717) is 6.04 Å². The van der Waals surface area contributed by atoms with Gasteiger partial charge in [-0.3, -0.25) is 4.79 Å². The van der Waals surface area contributed by atoms with E-state index in [0.717, 1.165) is 34.1 Å². The molecule has 1 atom stereocenters. The number of halogens is 3. The molecule has 0 aliphatic carbocycles. The largest absolute Gasteiger partial charge is 0.336 e. The van der Waals surface area contributed by atoms with Crippen LogP contribution in [0.25, 0.3) is 0 Å². The molecule has 0 aromatic heterocycles. The van der Waals surface area contributed by atoms with Crippen LogP contribution < -0.4 is 5.32 Å². The van der Waals surface area contributed by atoms with E-state index in [2.05, 4.69) is 44.1 Å². The van der Waals surface area contributed by atoms with E-state index in [1.807, 2.05) is 23.1 Å². The average molecular weight is 399 g/mol. The molecule has 0 unspecified atom stereocenters. The van der Waals surface area contributed by atoms with Gasteiger partial charge in [-0.15, -0.1) is 12.4 Å². The SMILES string of the molecule is C[C@H]1CN(C(=O)c2ccc(Br)cc2Br)CCN1.Cl. The average Bonchev–Trinajstić information content (AvgIpc) is 2.28. The summed E-state index contributed by atoms with van der Waals surface area (Å²) in [6, 6.07) is 6.01. The molecule has 0 spiro atoms. The zero-order valence-corrected chi connectivity index (χ0v) is 13.9. The summed E-state index contributed by atoms with van der Waals surface area (Å²) in [6.45, 7) is 4.49. The highest BCUT2D eigenvalue weighted by Crippen LogP contribution is 2.23. The first-order valence-electron chi connectivity index (χ1n) is 5.55. The first kappa shape index (κ1) is 16.0. The molecular weight excluding hydrogens is 383 g/mol. The fourth-order valence-electron chi connectivity index (χ4n) is 1.95. The quantitative estimate of drug-likeness (QED) is 0.789. The van der Waals surface area contributed by atoms with Crippen LogP contribution >= 0.6 is 44.3 Å². The monoisotopic (exact) mass is 396 g/mol. The van der Waals surface area contributed by atoms with Crippen LogP contribution in [0.15, 0.2) is 27.1 Å². The van der Waals surface area contributed by atoms with Gasteiger partial charge in [0.15, 0.2) is 0 Å². The lowest BCUT2D eigenvalue weighted by Crippen LogP contribution is -2.51. The fraction of sp³-hybridized carbons (Fsp3) is 0.417. The zero-order valence-electron chi connectivity index (χ0n) is 9.95. The molecule has 1 aliphatic heterocycles. The molecule has 1 aromatic carbocycles. The molecule has 1 fully saturated rings. The van der Waals surface area contributed by atoms with E-state index in [-0.39, 0.29) is 18.3 Å². The van der Waals surface area contributed by atoms with Gasteiger partial charge in [0, 0.05) is 34.6 Å². The van der Waals surface area contributed by atoms with E-state index >= 15 is 0 Å². The maximum absolute atomic E-state index is 12.3. The third-order valence-corrected chi connectivity index (χ3v) is 3.97. The van der Waals surface area contributed by atoms with Crippen molar-refractivity contribution in [3.05, 3.63) is 32.7 Å². The van der Waals surface area contributed by atoms with Crippen LogP contribution in [0.2, 0.25) is 0 Å². The maximum Gasteiger partial charge on any atom is 0.255 e. The van der Waals surface area contributed by atoms with Crippen molar-refractivity contribution < 1.29 is 4.79 Å². The van der Waals surface area contributed by atoms with Crippen molar-refractivity contribution in [3.63, 3.8) is 0 Å². The van der Waals surface area contributed by atoms with Gasteiger partial charge < -0.3 is 10.2 Å². The van der Waals surface area contributed by atoms with Crippen LogP contribution in [-0.2, 0) is 0 Å². The van der Waals surface area contributed by atoms with Crippen molar-refractivity contribution in [2.24, 2.45) is 0 Å². The van der Waals surface area contributed by atoms with Crippen LogP contribution in [0.1, 0.15) is 17.3 Å². The van der Waals surface area contributed by atoms with E-state index in [1.54, 1.807) is 0 Å². The second-order valence-electron chi connectivity index (χ2n) is 4.23. The van der Waals surface area contributed by atoms with Crippen LogP contribution in [0, 0.1) is 0 Å². The number of amides is 1.